The molecule has 0 unspecified atom stereocenters. The van der Waals surface area contributed by atoms with Crippen LogP contribution < -0.4 is 5.32 Å². The van der Waals surface area contributed by atoms with Crippen molar-refractivity contribution in [1.29, 1.82) is 0 Å². The Balaban J connectivity index is 2.10. The largest absolute Gasteiger partial charge is 0.394 e. The molecule has 0 saturated heterocycles. The highest BCUT2D eigenvalue weighted by Gasteiger charge is 2.22. The molecule has 0 amide bonds. The lowest BCUT2D eigenvalue weighted by atomic mass is 9.90. The van der Waals surface area contributed by atoms with E-state index in [0.717, 1.165) is 25.7 Å². The maximum atomic E-state index is 8.61. The van der Waals surface area contributed by atoms with Crippen molar-refractivity contribution in [2.75, 3.05) is 40.0 Å². The number of ether oxygens (including phenoxy) is 1. The molecule has 1 saturated carbocycles. The Morgan fingerprint density at radius 3 is 2.53 bits per heavy atom. The minimum absolute atomic E-state index is 0.123. The van der Waals surface area contributed by atoms with Gasteiger partial charge in [-0.2, -0.15) is 0 Å². The van der Waals surface area contributed by atoms with Crippen molar-refractivity contribution in [1.82, 2.24) is 10.2 Å². The second kappa shape index (κ2) is 8.86. The van der Waals surface area contributed by atoms with Gasteiger partial charge in [0, 0.05) is 18.6 Å². The van der Waals surface area contributed by atoms with Gasteiger partial charge in [-0.3, -0.25) is 0 Å². The van der Waals surface area contributed by atoms with Crippen molar-refractivity contribution in [3.63, 3.8) is 0 Å². The first-order valence-corrected chi connectivity index (χ1v) is 6.90. The molecule has 0 aromatic rings. The smallest absolute Gasteiger partial charge is 0.0698 e. The van der Waals surface area contributed by atoms with Crippen molar-refractivity contribution < 1.29 is 9.84 Å². The van der Waals surface area contributed by atoms with E-state index in [2.05, 4.69) is 24.2 Å². The molecule has 1 aliphatic rings. The quantitative estimate of drug-likeness (QED) is 0.621. The Morgan fingerprint density at radius 2 is 1.94 bits per heavy atom. The van der Waals surface area contributed by atoms with Crippen LogP contribution in [0.4, 0.5) is 0 Å². The number of nitrogens with zero attached hydrogens (tertiary/aromatic N) is 1. The second-order valence-electron chi connectivity index (χ2n) is 4.88. The zero-order valence-electron chi connectivity index (χ0n) is 11.3. The lowest BCUT2D eigenvalue weighted by molar-refractivity contribution is 0.0641. The molecule has 2 N–H and O–H groups in total. The van der Waals surface area contributed by atoms with Crippen LogP contribution in [0.5, 0.6) is 0 Å². The Kier molecular flexibility index (Phi) is 7.77. The second-order valence-corrected chi connectivity index (χ2v) is 4.88. The summed E-state index contributed by atoms with van der Waals surface area (Å²) in [5.41, 5.74) is 0. The summed E-state index contributed by atoms with van der Waals surface area (Å²) in [6.45, 7) is 5.54. The highest BCUT2D eigenvalue weighted by molar-refractivity contribution is 4.81. The molecule has 4 heteroatoms. The summed E-state index contributed by atoms with van der Waals surface area (Å²) in [6, 6.07) is 1.44. The van der Waals surface area contributed by atoms with E-state index in [1.807, 2.05) is 0 Å². The molecule has 1 rings (SSSR count). The normalized spacial score (nSPS) is 25.4. The molecule has 0 radical (unpaired) electrons. The van der Waals surface area contributed by atoms with Crippen molar-refractivity contribution in [2.24, 2.45) is 0 Å². The van der Waals surface area contributed by atoms with Crippen molar-refractivity contribution in [3.05, 3.63) is 0 Å². The van der Waals surface area contributed by atoms with Gasteiger partial charge in [0.15, 0.2) is 0 Å². The first-order valence-electron chi connectivity index (χ1n) is 6.90. The molecular formula is C13H28N2O2. The maximum Gasteiger partial charge on any atom is 0.0698 e. The summed E-state index contributed by atoms with van der Waals surface area (Å²) in [5.74, 6) is 0. The summed E-state index contributed by atoms with van der Waals surface area (Å²) in [6.07, 6.45) is 5.16. The first-order chi connectivity index (χ1) is 8.27. The monoisotopic (exact) mass is 244 g/mol. The zero-order valence-corrected chi connectivity index (χ0v) is 11.3. The fraction of sp³-hybridized carbons (Fsp3) is 1.00. The molecule has 0 bridgehead atoms. The van der Waals surface area contributed by atoms with Crippen LogP contribution in [-0.2, 0) is 4.74 Å². The van der Waals surface area contributed by atoms with E-state index in [1.54, 1.807) is 0 Å². The average Bonchev–Trinajstić information content (AvgIpc) is 2.36. The molecule has 102 valence electrons. The topological polar surface area (TPSA) is 44.7 Å². The molecule has 0 aromatic heterocycles. The highest BCUT2D eigenvalue weighted by Crippen LogP contribution is 2.22. The summed E-state index contributed by atoms with van der Waals surface area (Å²) < 4.78 is 5.30. The highest BCUT2D eigenvalue weighted by atomic mass is 16.5. The average molecular weight is 244 g/mol. The molecule has 17 heavy (non-hydrogen) atoms. The predicted octanol–water partition coefficient (Wildman–Crippen LogP) is 0.848. The van der Waals surface area contributed by atoms with Crippen molar-refractivity contribution in [3.8, 4) is 0 Å². The van der Waals surface area contributed by atoms with Gasteiger partial charge in [0.1, 0.15) is 0 Å². The van der Waals surface area contributed by atoms with Gasteiger partial charge in [0.05, 0.1) is 19.8 Å². The maximum absolute atomic E-state index is 8.61. The number of hydrogen-bond acceptors (Lipinski definition) is 4. The van der Waals surface area contributed by atoms with Crippen LogP contribution in [0.1, 0.15) is 32.6 Å². The van der Waals surface area contributed by atoms with E-state index in [-0.39, 0.29) is 6.61 Å². The molecule has 1 fully saturated rings. The molecule has 0 aliphatic heterocycles. The summed E-state index contributed by atoms with van der Waals surface area (Å²) in [7, 11) is 2.18. The molecular weight excluding hydrogens is 216 g/mol. The third-order valence-corrected chi connectivity index (χ3v) is 3.64. The number of hydrogen-bond donors (Lipinski definition) is 2. The first kappa shape index (κ1) is 14.9. The summed E-state index contributed by atoms with van der Waals surface area (Å²) >= 11 is 0. The Hall–Kier alpha value is -0.160. The van der Waals surface area contributed by atoms with Gasteiger partial charge < -0.3 is 20.1 Å². The van der Waals surface area contributed by atoms with Gasteiger partial charge in [-0.05, 0) is 39.3 Å². The number of aliphatic hydroxyl groups is 1. The van der Waals surface area contributed by atoms with Gasteiger partial charge in [-0.25, -0.2) is 0 Å². The summed E-state index contributed by atoms with van der Waals surface area (Å²) in [5, 5.41) is 12.1. The molecule has 4 nitrogen and oxygen atoms in total. The molecule has 0 heterocycles. The van der Waals surface area contributed by atoms with Gasteiger partial charge >= 0.3 is 0 Å². The van der Waals surface area contributed by atoms with Crippen LogP contribution in [0.2, 0.25) is 0 Å². The van der Waals surface area contributed by atoms with Crippen LogP contribution >= 0.6 is 0 Å². The Morgan fingerprint density at radius 1 is 1.24 bits per heavy atom. The third kappa shape index (κ3) is 5.82. The SMILES string of the molecule is CCNC1CCC(N(C)CCOCCO)CC1. The molecule has 0 atom stereocenters. The van der Waals surface area contributed by atoms with Crippen LogP contribution in [-0.4, -0.2) is 62.0 Å². The Bertz CT molecular complexity index is 182. The molecule has 0 spiro atoms. The van der Waals surface area contributed by atoms with Crippen LogP contribution in [0.25, 0.3) is 0 Å². The van der Waals surface area contributed by atoms with Gasteiger partial charge in [0.2, 0.25) is 0 Å². The zero-order chi connectivity index (χ0) is 12.5. The van der Waals surface area contributed by atoms with Gasteiger partial charge in [0.25, 0.3) is 0 Å². The van der Waals surface area contributed by atoms with E-state index in [1.165, 1.54) is 25.7 Å². The van der Waals surface area contributed by atoms with E-state index >= 15 is 0 Å². The van der Waals surface area contributed by atoms with E-state index < -0.39 is 0 Å². The molecule has 0 aromatic carbocycles. The number of rotatable bonds is 8. The minimum Gasteiger partial charge on any atom is -0.394 e. The fourth-order valence-corrected chi connectivity index (χ4v) is 2.57. The minimum atomic E-state index is 0.123. The van der Waals surface area contributed by atoms with E-state index in [0.29, 0.717) is 12.6 Å². The van der Waals surface area contributed by atoms with Crippen molar-refractivity contribution >= 4 is 0 Å². The number of likely N-dealkylation sites (N-methyl/N-ethyl adjacent to an activating group) is 1. The standard InChI is InChI=1S/C13H28N2O2/c1-3-14-12-4-6-13(7-5-12)15(2)8-10-17-11-9-16/h12-14,16H,3-11H2,1-2H3. The van der Waals surface area contributed by atoms with E-state index in [9.17, 15) is 0 Å². The lowest BCUT2D eigenvalue weighted by Crippen LogP contribution is -2.41. The van der Waals surface area contributed by atoms with Gasteiger partial charge in [-0.1, -0.05) is 6.92 Å². The number of nitrogens with one attached hydrogen (secondary N) is 1. The molecule has 1 aliphatic carbocycles. The lowest BCUT2D eigenvalue weighted by Gasteiger charge is -2.34. The van der Waals surface area contributed by atoms with Crippen molar-refractivity contribution in [2.45, 2.75) is 44.7 Å². The predicted molar refractivity (Wildman–Crippen MR) is 70.3 cm³/mol. The van der Waals surface area contributed by atoms with Crippen LogP contribution in [0.15, 0.2) is 0 Å². The van der Waals surface area contributed by atoms with E-state index in [4.69, 9.17) is 9.84 Å². The third-order valence-electron chi connectivity index (χ3n) is 3.64. The van der Waals surface area contributed by atoms with Gasteiger partial charge in [-0.15, -0.1) is 0 Å². The number of aliphatic hydroxyl groups excluding tert-OH is 1. The summed E-state index contributed by atoms with van der Waals surface area (Å²) in [4.78, 5) is 2.40. The Labute approximate surface area is 105 Å². The van der Waals surface area contributed by atoms with Crippen LogP contribution in [0.3, 0.4) is 0 Å². The fourth-order valence-electron chi connectivity index (χ4n) is 2.57. The van der Waals surface area contributed by atoms with Crippen LogP contribution in [0, 0.1) is 0 Å².